The van der Waals surface area contributed by atoms with Crippen molar-refractivity contribution < 1.29 is 14.6 Å². The number of ether oxygens (including phenoxy) is 1. The molecule has 0 heterocycles. The third kappa shape index (κ3) is 4.11. The average Bonchev–Trinajstić information content (AvgIpc) is 2.59. The lowest BCUT2D eigenvalue weighted by Crippen LogP contribution is -2.05. The van der Waals surface area contributed by atoms with Crippen LogP contribution in [-0.4, -0.2) is 23.2 Å². The van der Waals surface area contributed by atoms with Gasteiger partial charge in [-0.2, -0.15) is 5.10 Å². The molecule has 1 atom stereocenters. The Morgan fingerprint density at radius 3 is 2.42 bits per heavy atom. The summed E-state index contributed by atoms with van der Waals surface area (Å²) >= 11 is 0. The van der Waals surface area contributed by atoms with E-state index in [-0.39, 0.29) is 11.4 Å². The molecular formula is C15H14N4O5. The van der Waals surface area contributed by atoms with E-state index in [0.29, 0.717) is 0 Å². The summed E-state index contributed by atoms with van der Waals surface area (Å²) in [6.07, 6.45) is 1.01. The molecule has 0 unspecified atom stereocenters. The van der Waals surface area contributed by atoms with Crippen molar-refractivity contribution >= 4 is 23.3 Å². The van der Waals surface area contributed by atoms with Gasteiger partial charge in [-0.3, -0.25) is 25.7 Å². The maximum absolute atomic E-state index is 11.0. The molecule has 9 nitrogen and oxygen atoms in total. The Kier molecular flexibility index (Phi) is 5.53. The number of anilines is 1. The van der Waals surface area contributed by atoms with E-state index in [1.165, 1.54) is 19.4 Å². The van der Waals surface area contributed by atoms with Crippen molar-refractivity contribution in [2.45, 2.75) is 6.10 Å². The highest BCUT2D eigenvalue weighted by molar-refractivity contribution is 5.70. The Balaban J connectivity index is 2.18. The fourth-order valence-corrected chi connectivity index (χ4v) is 1.98. The first kappa shape index (κ1) is 17.0. The second-order valence-electron chi connectivity index (χ2n) is 4.67. The summed E-state index contributed by atoms with van der Waals surface area (Å²) in [5, 5.41) is 25.7. The maximum Gasteiger partial charge on any atom is 0.301 e. The fourth-order valence-electron chi connectivity index (χ4n) is 1.98. The first-order chi connectivity index (χ1) is 11.5. The largest absolute Gasteiger partial charge is 0.371 e. The van der Waals surface area contributed by atoms with Gasteiger partial charge in [0.05, 0.1) is 22.1 Å². The third-order valence-electron chi connectivity index (χ3n) is 3.17. The lowest BCUT2D eigenvalue weighted by molar-refractivity contribution is -0.393. The lowest BCUT2D eigenvalue weighted by atomic mass is 10.1. The second kappa shape index (κ2) is 7.79. The van der Waals surface area contributed by atoms with Gasteiger partial charge in [-0.15, -0.1) is 0 Å². The summed E-state index contributed by atoms with van der Waals surface area (Å²) in [4.78, 5) is 20.3. The molecule has 0 aliphatic carbocycles. The van der Waals surface area contributed by atoms with Crippen LogP contribution in [0.4, 0.5) is 17.1 Å². The molecular weight excluding hydrogens is 316 g/mol. The van der Waals surface area contributed by atoms with Crippen molar-refractivity contribution in [3.8, 4) is 0 Å². The predicted octanol–water partition coefficient (Wildman–Crippen LogP) is 3.29. The number of rotatable bonds is 7. The van der Waals surface area contributed by atoms with Crippen LogP contribution in [0.3, 0.4) is 0 Å². The number of hydrogen-bond donors (Lipinski definition) is 1. The van der Waals surface area contributed by atoms with E-state index in [1.54, 1.807) is 0 Å². The van der Waals surface area contributed by atoms with Gasteiger partial charge < -0.3 is 4.74 Å². The molecule has 0 aliphatic heterocycles. The minimum atomic E-state index is -0.712. The highest BCUT2D eigenvalue weighted by atomic mass is 16.6. The number of methoxy groups -OCH3 is 1. The summed E-state index contributed by atoms with van der Waals surface area (Å²) in [7, 11) is 1.51. The number of benzene rings is 2. The van der Waals surface area contributed by atoms with Crippen LogP contribution in [0.25, 0.3) is 0 Å². The monoisotopic (exact) mass is 330 g/mol. The lowest BCUT2D eigenvalue weighted by Gasteiger charge is -2.10. The van der Waals surface area contributed by atoms with E-state index >= 15 is 0 Å². The summed E-state index contributed by atoms with van der Waals surface area (Å²) in [5.41, 5.74) is 2.63. The second-order valence-corrected chi connectivity index (χ2v) is 4.67. The highest BCUT2D eigenvalue weighted by Crippen LogP contribution is 2.29. The Morgan fingerprint density at radius 2 is 1.83 bits per heavy atom. The number of hydrazone groups is 1. The Labute approximate surface area is 136 Å². The van der Waals surface area contributed by atoms with E-state index < -0.39 is 21.6 Å². The van der Waals surface area contributed by atoms with Crippen molar-refractivity contribution in [1.29, 1.82) is 0 Å². The first-order valence-corrected chi connectivity index (χ1v) is 6.82. The zero-order valence-corrected chi connectivity index (χ0v) is 12.7. The predicted molar refractivity (Wildman–Crippen MR) is 88.1 cm³/mol. The molecule has 24 heavy (non-hydrogen) atoms. The van der Waals surface area contributed by atoms with Crippen molar-refractivity contribution in [2.75, 3.05) is 12.5 Å². The normalized spacial score (nSPS) is 12.0. The molecule has 0 fully saturated rings. The van der Waals surface area contributed by atoms with Gasteiger partial charge in [-0.1, -0.05) is 30.3 Å². The molecule has 0 saturated carbocycles. The standard InChI is InChI=1S/C15H14N4O5/c1-24-15(11-5-3-2-4-6-11)10-16-17-13-8-7-12(18(20)21)9-14(13)19(22)23/h2-10,15,17H,1H3/b16-10+/t15-/m1/s1. The SMILES string of the molecule is CO[C@H](/C=N/Nc1ccc([N+](=O)[O-])cc1[N+](=O)[O-])c1ccccc1. The van der Waals surface area contributed by atoms with Crippen LogP contribution in [0.2, 0.25) is 0 Å². The van der Waals surface area contributed by atoms with Gasteiger partial charge in [0.2, 0.25) is 0 Å². The molecule has 0 saturated heterocycles. The summed E-state index contributed by atoms with van der Waals surface area (Å²) in [5.74, 6) is 0. The van der Waals surface area contributed by atoms with Gasteiger partial charge in [0.1, 0.15) is 11.8 Å². The first-order valence-electron chi connectivity index (χ1n) is 6.82. The van der Waals surface area contributed by atoms with Crippen LogP contribution in [0.5, 0.6) is 0 Å². The number of nitrogens with zero attached hydrogens (tertiary/aromatic N) is 3. The molecule has 0 aromatic heterocycles. The molecule has 0 amide bonds. The average molecular weight is 330 g/mol. The van der Waals surface area contributed by atoms with Crippen LogP contribution in [0.1, 0.15) is 11.7 Å². The van der Waals surface area contributed by atoms with Gasteiger partial charge in [-0.05, 0) is 11.6 Å². The Morgan fingerprint density at radius 1 is 1.12 bits per heavy atom. The van der Waals surface area contributed by atoms with Crippen molar-refractivity contribution in [1.82, 2.24) is 0 Å². The topological polar surface area (TPSA) is 120 Å². The van der Waals surface area contributed by atoms with Gasteiger partial charge >= 0.3 is 5.69 Å². The Hall–Kier alpha value is -3.33. The van der Waals surface area contributed by atoms with Gasteiger partial charge in [0, 0.05) is 13.2 Å². The molecule has 0 bridgehead atoms. The van der Waals surface area contributed by atoms with Crippen LogP contribution in [-0.2, 0) is 4.74 Å². The summed E-state index contributed by atoms with van der Waals surface area (Å²) < 4.78 is 5.29. The van der Waals surface area contributed by atoms with Crippen molar-refractivity contribution in [2.24, 2.45) is 5.10 Å². The Bertz CT molecular complexity index is 764. The van der Waals surface area contributed by atoms with Crippen LogP contribution in [0, 0.1) is 20.2 Å². The van der Waals surface area contributed by atoms with Crippen molar-refractivity contribution in [3.05, 3.63) is 74.3 Å². The summed E-state index contributed by atoms with van der Waals surface area (Å²) in [6.45, 7) is 0. The number of non-ortho nitro benzene ring substituents is 1. The number of nitrogens with one attached hydrogen (secondary N) is 1. The third-order valence-corrected chi connectivity index (χ3v) is 3.17. The van der Waals surface area contributed by atoms with E-state index in [4.69, 9.17) is 4.74 Å². The molecule has 0 radical (unpaired) electrons. The number of nitro groups is 2. The van der Waals surface area contributed by atoms with Crippen LogP contribution < -0.4 is 5.43 Å². The fraction of sp³-hybridized carbons (Fsp3) is 0.133. The number of nitro benzene ring substituents is 2. The molecule has 1 N–H and O–H groups in total. The molecule has 2 aromatic carbocycles. The minimum Gasteiger partial charge on any atom is -0.371 e. The zero-order chi connectivity index (χ0) is 17.5. The summed E-state index contributed by atoms with van der Waals surface area (Å²) in [6, 6.07) is 12.6. The molecule has 2 aromatic rings. The molecule has 2 rings (SSSR count). The van der Waals surface area contributed by atoms with E-state index in [9.17, 15) is 20.2 Å². The molecule has 0 aliphatic rings. The maximum atomic E-state index is 11.0. The minimum absolute atomic E-state index is 0.0461. The quantitative estimate of drug-likeness (QED) is 0.472. The van der Waals surface area contributed by atoms with Crippen LogP contribution in [0.15, 0.2) is 53.6 Å². The zero-order valence-electron chi connectivity index (χ0n) is 12.7. The molecule has 9 heteroatoms. The van der Waals surface area contributed by atoms with Crippen LogP contribution >= 0.6 is 0 Å². The van der Waals surface area contributed by atoms with Gasteiger partial charge in [0.25, 0.3) is 5.69 Å². The van der Waals surface area contributed by atoms with E-state index in [0.717, 1.165) is 17.7 Å². The van der Waals surface area contributed by atoms with Gasteiger partial charge in [-0.25, -0.2) is 0 Å². The van der Waals surface area contributed by atoms with E-state index in [1.807, 2.05) is 30.3 Å². The number of hydrogen-bond acceptors (Lipinski definition) is 7. The smallest absolute Gasteiger partial charge is 0.301 e. The van der Waals surface area contributed by atoms with Gasteiger partial charge in [0.15, 0.2) is 0 Å². The highest BCUT2D eigenvalue weighted by Gasteiger charge is 2.19. The van der Waals surface area contributed by atoms with E-state index in [2.05, 4.69) is 10.5 Å². The molecule has 124 valence electrons. The van der Waals surface area contributed by atoms with Crippen molar-refractivity contribution in [3.63, 3.8) is 0 Å². The molecule has 0 spiro atoms.